The van der Waals surface area contributed by atoms with Gasteiger partial charge < -0.3 is 14.8 Å². The molecular formula is C21H19N5O4. The number of aromatic amines is 1. The number of hydrogen-bond donors (Lipinski definition) is 2. The Bertz CT molecular complexity index is 1200. The number of aromatic nitrogens is 4. The number of benzene rings is 2. The third-order valence-electron chi connectivity index (χ3n) is 4.17. The van der Waals surface area contributed by atoms with Gasteiger partial charge in [0, 0.05) is 6.07 Å². The van der Waals surface area contributed by atoms with Gasteiger partial charge in [0.1, 0.15) is 23.9 Å². The Morgan fingerprint density at radius 1 is 1.10 bits per heavy atom. The molecule has 9 nitrogen and oxygen atoms in total. The fourth-order valence-corrected chi connectivity index (χ4v) is 2.73. The summed E-state index contributed by atoms with van der Waals surface area (Å²) in [5.41, 5.74) is -0.419. The van der Waals surface area contributed by atoms with Crippen molar-refractivity contribution in [3.05, 3.63) is 82.9 Å². The Balaban J connectivity index is 1.51. The summed E-state index contributed by atoms with van der Waals surface area (Å²) in [4.78, 5) is 31.4. The van der Waals surface area contributed by atoms with Gasteiger partial charge in [-0.05, 0) is 31.2 Å². The van der Waals surface area contributed by atoms with Crippen LogP contribution in [0.15, 0.2) is 71.5 Å². The van der Waals surface area contributed by atoms with E-state index in [-0.39, 0.29) is 18.2 Å². The average Bonchev–Trinajstić information content (AvgIpc) is 3.16. The molecule has 0 aliphatic rings. The average molecular weight is 405 g/mol. The third-order valence-corrected chi connectivity index (χ3v) is 4.17. The van der Waals surface area contributed by atoms with Gasteiger partial charge in [-0.3, -0.25) is 14.6 Å². The van der Waals surface area contributed by atoms with E-state index in [1.807, 2.05) is 48.5 Å². The molecule has 1 atom stereocenters. The normalized spacial score (nSPS) is 11.8. The van der Waals surface area contributed by atoms with Crippen LogP contribution in [0.1, 0.15) is 12.7 Å². The standard InChI is InChI=1S/C21H19N5O4/c1-14(30-16-10-6-3-7-11-16)20(28)23-18-12-19(27)24-21-22-17(25-26(18)21)13-29-15-8-4-2-5-9-15/h2-12,14H,13H2,1H3,(H,23,28)(H,22,24,25,27). The van der Waals surface area contributed by atoms with Crippen molar-refractivity contribution in [2.24, 2.45) is 0 Å². The molecule has 1 unspecified atom stereocenters. The number of carbonyl (C=O) groups is 1. The SMILES string of the molecule is CC(Oc1ccccc1)C(=O)Nc1cc(=O)[nH]c2nc(COc3ccccc3)nn12. The molecule has 2 heterocycles. The number of anilines is 1. The molecule has 0 spiro atoms. The van der Waals surface area contributed by atoms with Crippen molar-refractivity contribution in [3.63, 3.8) is 0 Å². The van der Waals surface area contributed by atoms with Crippen LogP contribution in [0.2, 0.25) is 0 Å². The number of nitrogens with zero attached hydrogens (tertiary/aromatic N) is 3. The second kappa shape index (κ2) is 8.48. The molecule has 0 saturated heterocycles. The van der Waals surface area contributed by atoms with Crippen LogP contribution >= 0.6 is 0 Å². The number of fused-ring (bicyclic) bond motifs is 1. The van der Waals surface area contributed by atoms with Crippen LogP contribution in [0.25, 0.3) is 5.78 Å². The lowest BCUT2D eigenvalue weighted by Crippen LogP contribution is -2.31. The van der Waals surface area contributed by atoms with Crippen molar-refractivity contribution in [2.75, 3.05) is 5.32 Å². The molecule has 0 saturated carbocycles. The minimum absolute atomic E-state index is 0.106. The highest BCUT2D eigenvalue weighted by molar-refractivity contribution is 5.93. The second-order valence-corrected chi connectivity index (χ2v) is 6.45. The van der Waals surface area contributed by atoms with Crippen LogP contribution in [-0.2, 0) is 11.4 Å². The van der Waals surface area contributed by atoms with Gasteiger partial charge in [-0.25, -0.2) is 0 Å². The quantitative estimate of drug-likeness (QED) is 0.489. The molecule has 0 aliphatic heterocycles. The maximum atomic E-state index is 12.6. The molecule has 0 bridgehead atoms. The molecule has 0 aliphatic carbocycles. The van der Waals surface area contributed by atoms with Crippen LogP contribution in [0.5, 0.6) is 11.5 Å². The molecule has 2 aromatic carbocycles. The lowest BCUT2D eigenvalue weighted by atomic mass is 10.3. The number of H-pyrrole nitrogens is 1. The Labute approximate surface area is 171 Å². The minimum Gasteiger partial charge on any atom is -0.486 e. The Kier molecular flexibility index (Phi) is 5.42. The first-order chi connectivity index (χ1) is 14.6. The predicted molar refractivity (Wildman–Crippen MR) is 110 cm³/mol. The van der Waals surface area contributed by atoms with Crippen molar-refractivity contribution >= 4 is 17.5 Å². The molecule has 152 valence electrons. The molecule has 0 fully saturated rings. The number of amides is 1. The molecule has 4 aromatic rings. The van der Waals surface area contributed by atoms with Crippen LogP contribution in [0.4, 0.5) is 5.82 Å². The molecule has 4 rings (SSSR count). The highest BCUT2D eigenvalue weighted by Crippen LogP contribution is 2.14. The van der Waals surface area contributed by atoms with E-state index in [4.69, 9.17) is 9.47 Å². The number of ether oxygens (including phenoxy) is 2. The van der Waals surface area contributed by atoms with E-state index in [1.165, 1.54) is 10.6 Å². The summed E-state index contributed by atoms with van der Waals surface area (Å²) in [5, 5.41) is 6.99. The molecule has 2 N–H and O–H groups in total. The van der Waals surface area contributed by atoms with Crippen molar-refractivity contribution in [3.8, 4) is 11.5 Å². The van der Waals surface area contributed by atoms with Gasteiger partial charge >= 0.3 is 0 Å². The van der Waals surface area contributed by atoms with Crippen LogP contribution < -0.4 is 20.3 Å². The van der Waals surface area contributed by atoms with Crippen LogP contribution in [-0.4, -0.2) is 31.6 Å². The summed E-state index contributed by atoms with van der Waals surface area (Å²) in [6.07, 6.45) is -0.786. The molecule has 9 heteroatoms. The Hall–Kier alpha value is -4.14. The van der Waals surface area contributed by atoms with Crippen molar-refractivity contribution in [2.45, 2.75) is 19.6 Å². The van der Waals surface area contributed by atoms with E-state index in [2.05, 4.69) is 20.4 Å². The maximum absolute atomic E-state index is 12.6. The summed E-state index contributed by atoms with van der Waals surface area (Å²) in [7, 11) is 0. The molecule has 1 amide bonds. The fourth-order valence-electron chi connectivity index (χ4n) is 2.73. The zero-order chi connectivity index (χ0) is 20.9. The van der Waals surface area contributed by atoms with E-state index < -0.39 is 17.6 Å². The first kappa shape index (κ1) is 19.2. The third kappa shape index (κ3) is 4.46. The summed E-state index contributed by atoms with van der Waals surface area (Å²) in [6.45, 7) is 1.72. The van der Waals surface area contributed by atoms with Gasteiger partial charge in [0.05, 0.1) is 0 Å². The monoisotopic (exact) mass is 405 g/mol. The Morgan fingerprint density at radius 3 is 2.47 bits per heavy atom. The minimum atomic E-state index is -0.786. The highest BCUT2D eigenvalue weighted by atomic mass is 16.5. The van der Waals surface area contributed by atoms with Gasteiger partial charge in [-0.15, -0.1) is 5.10 Å². The largest absolute Gasteiger partial charge is 0.486 e. The van der Waals surface area contributed by atoms with Crippen molar-refractivity contribution < 1.29 is 14.3 Å². The van der Waals surface area contributed by atoms with E-state index in [9.17, 15) is 9.59 Å². The predicted octanol–water partition coefficient (Wildman–Crippen LogP) is 2.40. The topological polar surface area (TPSA) is 111 Å². The molecule has 30 heavy (non-hydrogen) atoms. The summed E-state index contributed by atoms with van der Waals surface area (Å²) in [6, 6.07) is 19.5. The molecule has 0 radical (unpaired) electrons. The van der Waals surface area contributed by atoms with Gasteiger partial charge in [0.15, 0.2) is 11.9 Å². The zero-order valence-corrected chi connectivity index (χ0v) is 16.1. The lowest BCUT2D eigenvalue weighted by Gasteiger charge is -2.14. The smallest absolute Gasteiger partial charge is 0.266 e. The molecule has 2 aromatic heterocycles. The highest BCUT2D eigenvalue weighted by Gasteiger charge is 2.18. The van der Waals surface area contributed by atoms with E-state index in [1.54, 1.807) is 19.1 Å². The summed E-state index contributed by atoms with van der Waals surface area (Å²) in [5.74, 6) is 1.54. The summed E-state index contributed by atoms with van der Waals surface area (Å²) >= 11 is 0. The van der Waals surface area contributed by atoms with E-state index in [0.29, 0.717) is 17.3 Å². The van der Waals surface area contributed by atoms with Crippen molar-refractivity contribution in [1.82, 2.24) is 19.6 Å². The first-order valence-corrected chi connectivity index (χ1v) is 9.28. The second-order valence-electron chi connectivity index (χ2n) is 6.45. The van der Waals surface area contributed by atoms with E-state index in [0.717, 1.165) is 0 Å². The van der Waals surface area contributed by atoms with E-state index >= 15 is 0 Å². The van der Waals surface area contributed by atoms with Gasteiger partial charge in [0.2, 0.25) is 5.78 Å². The Morgan fingerprint density at radius 2 is 1.77 bits per heavy atom. The zero-order valence-electron chi connectivity index (χ0n) is 16.1. The number of para-hydroxylation sites is 2. The number of rotatable bonds is 7. The van der Waals surface area contributed by atoms with Crippen molar-refractivity contribution in [1.29, 1.82) is 0 Å². The van der Waals surface area contributed by atoms with Crippen LogP contribution in [0.3, 0.4) is 0 Å². The fraction of sp³-hybridized carbons (Fsp3) is 0.143. The summed E-state index contributed by atoms with van der Waals surface area (Å²) < 4.78 is 12.6. The van der Waals surface area contributed by atoms with Gasteiger partial charge in [-0.2, -0.15) is 9.50 Å². The van der Waals surface area contributed by atoms with Gasteiger partial charge in [-0.1, -0.05) is 36.4 Å². The number of nitrogens with one attached hydrogen (secondary N) is 2. The number of carbonyl (C=O) groups excluding carboxylic acids is 1. The lowest BCUT2D eigenvalue weighted by molar-refractivity contribution is -0.122. The number of hydrogen-bond acceptors (Lipinski definition) is 6. The van der Waals surface area contributed by atoms with Crippen LogP contribution in [0, 0.1) is 0 Å². The van der Waals surface area contributed by atoms with Gasteiger partial charge in [0.25, 0.3) is 11.5 Å². The first-order valence-electron chi connectivity index (χ1n) is 9.28. The maximum Gasteiger partial charge on any atom is 0.266 e. The molecular weight excluding hydrogens is 386 g/mol.